The monoisotopic (exact) mass is 450 g/mol. The van der Waals surface area contributed by atoms with Crippen LogP contribution in [0.1, 0.15) is 60.7 Å². The van der Waals surface area contributed by atoms with Gasteiger partial charge in [0.1, 0.15) is 11.6 Å². The van der Waals surface area contributed by atoms with Crippen LogP contribution in [0.4, 0.5) is 0 Å². The number of aryl methyl sites for hydroxylation is 2. The topological polar surface area (TPSA) is 81.4 Å². The highest BCUT2D eigenvalue weighted by Gasteiger charge is 2.25. The molecule has 172 valence electrons. The number of nitrogens with zero attached hydrogens (tertiary/aromatic N) is 2. The van der Waals surface area contributed by atoms with Crippen LogP contribution in [0.25, 0.3) is 33.6 Å². The molecule has 7 rings (SSSR count). The average Bonchev–Trinajstić information content (AvgIpc) is 3.70. The highest BCUT2D eigenvalue weighted by atomic mass is 15.1. The summed E-state index contributed by atoms with van der Waals surface area (Å²) in [7, 11) is 0. The van der Waals surface area contributed by atoms with Crippen molar-refractivity contribution in [2.24, 2.45) is 0 Å². The summed E-state index contributed by atoms with van der Waals surface area (Å²) in [5.74, 6) is 2.16. The van der Waals surface area contributed by atoms with Crippen molar-refractivity contribution in [1.29, 1.82) is 0 Å². The Labute approximate surface area is 199 Å². The van der Waals surface area contributed by atoms with Gasteiger partial charge in [-0.2, -0.15) is 0 Å². The Morgan fingerprint density at radius 1 is 0.735 bits per heavy atom. The van der Waals surface area contributed by atoms with Gasteiger partial charge in [-0.3, -0.25) is 0 Å². The SMILES string of the molecule is c1cc(-c2cnc([C@@H]3CCCN3)[nH]2)ccc1-c1ccc2c(c1)CCc1[nH]c(C3CCCN3)nc1-2. The molecule has 2 aromatic carbocycles. The van der Waals surface area contributed by atoms with Crippen molar-refractivity contribution in [3.63, 3.8) is 0 Å². The second-order valence-corrected chi connectivity index (χ2v) is 9.88. The Kier molecular flexibility index (Phi) is 4.88. The molecule has 0 saturated carbocycles. The zero-order chi connectivity index (χ0) is 22.5. The van der Waals surface area contributed by atoms with Gasteiger partial charge in [-0.15, -0.1) is 0 Å². The Morgan fingerprint density at radius 2 is 1.47 bits per heavy atom. The van der Waals surface area contributed by atoms with Gasteiger partial charge in [0, 0.05) is 11.3 Å². The maximum absolute atomic E-state index is 5.02. The van der Waals surface area contributed by atoms with Crippen LogP contribution in [0.2, 0.25) is 0 Å². The molecule has 0 spiro atoms. The standard InChI is InChI=1S/C28H30N6/c1-3-23(29-13-1)27-31-16-25(33-27)18-7-5-17(6-8-18)19-9-11-21-20(15-19)10-12-22-26(21)34-28(32-22)24-4-2-14-30-24/h5-9,11,15-16,23-24,29-30H,1-4,10,12-14H2,(H,31,33)(H,32,34)/t23-,24?/m0/s1. The summed E-state index contributed by atoms with van der Waals surface area (Å²) in [4.78, 5) is 16.8. The van der Waals surface area contributed by atoms with Crippen LogP contribution >= 0.6 is 0 Å². The molecule has 1 unspecified atom stereocenters. The minimum atomic E-state index is 0.365. The molecule has 2 fully saturated rings. The van der Waals surface area contributed by atoms with Gasteiger partial charge in [-0.25, -0.2) is 9.97 Å². The Bertz CT molecular complexity index is 1320. The summed E-state index contributed by atoms with van der Waals surface area (Å²) in [6.45, 7) is 2.17. The summed E-state index contributed by atoms with van der Waals surface area (Å²) in [6.07, 6.45) is 8.82. The lowest BCUT2D eigenvalue weighted by Gasteiger charge is -2.16. The molecule has 6 nitrogen and oxygen atoms in total. The number of nitrogens with one attached hydrogen (secondary N) is 4. The zero-order valence-electron chi connectivity index (χ0n) is 19.3. The Balaban J connectivity index is 1.14. The largest absolute Gasteiger partial charge is 0.344 e. The van der Waals surface area contributed by atoms with E-state index in [0.717, 1.165) is 55.4 Å². The van der Waals surface area contributed by atoms with Crippen LogP contribution in [-0.4, -0.2) is 33.0 Å². The van der Waals surface area contributed by atoms with Gasteiger partial charge in [0.15, 0.2) is 0 Å². The van der Waals surface area contributed by atoms with E-state index in [-0.39, 0.29) is 0 Å². The van der Waals surface area contributed by atoms with Gasteiger partial charge >= 0.3 is 0 Å². The summed E-state index contributed by atoms with van der Waals surface area (Å²) < 4.78 is 0. The van der Waals surface area contributed by atoms with Crippen LogP contribution in [0.3, 0.4) is 0 Å². The molecular formula is C28H30N6. The van der Waals surface area contributed by atoms with E-state index in [1.807, 2.05) is 6.20 Å². The van der Waals surface area contributed by atoms with E-state index in [0.29, 0.717) is 12.1 Å². The molecule has 34 heavy (non-hydrogen) atoms. The molecule has 3 aliphatic rings. The van der Waals surface area contributed by atoms with Gasteiger partial charge < -0.3 is 20.6 Å². The van der Waals surface area contributed by atoms with Crippen molar-refractivity contribution >= 4 is 0 Å². The first-order valence-electron chi connectivity index (χ1n) is 12.7. The number of aromatic amines is 2. The Morgan fingerprint density at radius 3 is 2.24 bits per heavy atom. The predicted molar refractivity (Wildman–Crippen MR) is 134 cm³/mol. The van der Waals surface area contributed by atoms with Gasteiger partial charge in [-0.1, -0.05) is 42.5 Å². The average molecular weight is 451 g/mol. The van der Waals surface area contributed by atoms with Crippen LogP contribution in [0.15, 0.2) is 48.7 Å². The third-order valence-corrected chi connectivity index (χ3v) is 7.71. The third kappa shape index (κ3) is 3.49. The first-order valence-corrected chi connectivity index (χ1v) is 12.7. The number of imidazole rings is 2. The molecule has 0 amide bonds. The molecular weight excluding hydrogens is 420 g/mol. The normalized spacial score (nSPS) is 21.5. The second-order valence-electron chi connectivity index (χ2n) is 9.88. The summed E-state index contributed by atoms with van der Waals surface area (Å²) in [6, 6.07) is 16.4. The molecule has 4 heterocycles. The number of hydrogen-bond donors (Lipinski definition) is 4. The van der Waals surface area contributed by atoms with Gasteiger partial charge in [0.2, 0.25) is 0 Å². The van der Waals surface area contributed by atoms with E-state index in [9.17, 15) is 0 Å². The van der Waals surface area contributed by atoms with Crippen LogP contribution in [0.5, 0.6) is 0 Å². The van der Waals surface area contributed by atoms with Crippen LogP contribution in [0, 0.1) is 0 Å². The lowest BCUT2D eigenvalue weighted by atomic mass is 9.89. The van der Waals surface area contributed by atoms with E-state index in [1.165, 1.54) is 52.8 Å². The van der Waals surface area contributed by atoms with Crippen molar-refractivity contribution in [2.45, 2.75) is 50.6 Å². The number of fused-ring (bicyclic) bond motifs is 3. The molecule has 2 aromatic heterocycles. The molecule has 4 aromatic rings. The van der Waals surface area contributed by atoms with Crippen molar-refractivity contribution in [1.82, 2.24) is 30.6 Å². The van der Waals surface area contributed by atoms with Crippen LogP contribution in [-0.2, 0) is 12.8 Å². The Hall–Kier alpha value is -3.22. The molecule has 4 N–H and O–H groups in total. The summed E-state index contributed by atoms with van der Waals surface area (Å²) in [5, 5.41) is 7.08. The molecule has 2 aliphatic heterocycles. The van der Waals surface area contributed by atoms with Crippen molar-refractivity contribution in [3.8, 4) is 33.6 Å². The third-order valence-electron chi connectivity index (χ3n) is 7.71. The molecule has 2 atom stereocenters. The molecule has 6 heteroatoms. The first kappa shape index (κ1) is 20.2. The van der Waals surface area contributed by atoms with E-state index in [4.69, 9.17) is 4.98 Å². The second kappa shape index (κ2) is 8.22. The van der Waals surface area contributed by atoms with Gasteiger partial charge in [0.25, 0.3) is 0 Å². The lowest BCUT2D eigenvalue weighted by Crippen LogP contribution is -2.14. The van der Waals surface area contributed by atoms with E-state index in [2.05, 4.69) is 68.1 Å². The van der Waals surface area contributed by atoms with Crippen molar-refractivity contribution < 1.29 is 0 Å². The van der Waals surface area contributed by atoms with Crippen molar-refractivity contribution in [2.75, 3.05) is 13.1 Å². The molecule has 0 radical (unpaired) electrons. The maximum atomic E-state index is 5.02. The quantitative estimate of drug-likeness (QED) is 0.349. The molecule has 0 bridgehead atoms. The highest BCUT2D eigenvalue weighted by molar-refractivity contribution is 5.76. The highest BCUT2D eigenvalue weighted by Crippen LogP contribution is 2.36. The van der Waals surface area contributed by atoms with Gasteiger partial charge in [0.05, 0.1) is 29.7 Å². The fourth-order valence-electron chi connectivity index (χ4n) is 5.81. The number of aromatic nitrogens is 4. The van der Waals surface area contributed by atoms with E-state index < -0.39 is 0 Å². The molecule has 2 saturated heterocycles. The minimum Gasteiger partial charge on any atom is -0.344 e. The fourth-order valence-corrected chi connectivity index (χ4v) is 5.81. The smallest absolute Gasteiger partial charge is 0.124 e. The molecule has 1 aliphatic carbocycles. The maximum Gasteiger partial charge on any atom is 0.124 e. The first-order chi connectivity index (χ1) is 16.8. The van der Waals surface area contributed by atoms with Gasteiger partial charge in [-0.05, 0) is 73.9 Å². The number of benzene rings is 2. The van der Waals surface area contributed by atoms with E-state index >= 15 is 0 Å². The minimum absolute atomic E-state index is 0.365. The predicted octanol–water partition coefficient (Wildman–Crippen LogP) is 5.08. The lowest BCUT2D eigenvalue weighted by molar-refractivity contribution is 0.611. The number of hydrogen-bond acceptors (Lipinski definition) is 4. The number of rotatable bonds is 4. The van der Waals surface area contributed by atoms with E-state index in [1.54, 1.807) is 0 Å². The number of H-pyrrole nitrogens is 2. The van der Waals surface area contributed by atoms with Crippen molar-refractivity contribution in [3.05, 3.63) is 71.6 Å². The zero-order valence-corrected chi connectivity index (χ0v) is 19.3. The van der Waals surface area contributed by atoms with Crippen LogP contribution < -0.4 is 10.6 Å². The summed E-state index contributed by atoms with van der Waals surface area (Å²) in [5.41, 5.74) is 9.89. The fraction of sp³-hybridized carbons (Fsp3) is 0.357. The summed E-state index contributed by atoms with van der Waals surface area (Å²) >= 11 is 0.